The average molecular weight is 396 g/mol. The summed E-state index contributed by atoms with van der Waals surface area (Å²) >= 11 is 9.47. The minimum atomic E-state index is -3.99. The topological polar surface area (TPSA) is 100 Å². The first-order valence-electron chi connectivity index (χ1n) is 5.75. The van der Waals surface area contributed by atoms with Gasteiger partial charge in [-0.2, -0.15) is 0 Å². The molecule has 1 heterocycles. The van der Waals surface area contributed by atoms with Crippen molar-refractivity contribution in [2.24, 2.45) is 5.14 Å². The van der Waals surface area contributed by atoms with Crippen LogP contribution >= 0.6 is 27.5 Å². The maximum atomic E-state index is 11.6. The fourth-order valence-electron chi connectivity index (χ4n) is 1.75. The van der Waals surface area contributed by atoms with Crippen molar-refractivity contribution in [3.8, 4) is 11.4 Å². The molecule has 0 saturated carbocycles. The molecule has 1 aromatic carbocycles. The largest absolute Gasteiger partial charge is 0.383 e. The van der Waals surface area contributed by atoms with Crippen molar-refractivity contribution in [2.45, 2.75) is 11.7 Å². The van der Waals surface area contributed by atoms with Crippen molar-refractivity contribution in [1.29, 1.82) is 0 Å². The molecular weight excluding hydrogens is 384 g/mol. The van der Waals surface area contributed by atoms with Crippen LogP contribution in [0.3, 0.4) is 0 Å². The van der Waals surface area contributed by atoms with Crippen molar-refractivity contribution < 1.29 is 13.2 Å². The molecule has 0 aliphatic rings. The second kappa shape index (κ2) is 6.41. The number of nitrogens with zero attached hydrogens (tertiary/aromatic N) is 3. The number of hydrogen-bond acceptors (Lipinski definition) is 5. The number of rotatable bonds is 5. The highest BCUT2D eigenvalue weighted by Crippen LogP contribution is 2.30. The lowest BCUT2D eigenvalue weighted by atomic mass is 10.2. The molecule has 1 aromatic heterocycles. The zero-order valence-electron chi connectivity index (χ0n) is 11.0. The zero-order chi connectivity index (χ0) is 15.6. The Hall–Kier alpha value is -1.00. The molecule has 0 spiro atoms. The molecule has 0 unspecified atom stereocenters. The van der Waals surface area contributed by atoms with E-state index in [9.17, 15) is 8.42 Å². The standard InChI is InChI=1S/C11H12BrClN4O3S/c1-20-5-4-17-10(15-16-11(17)21(14,18)19)8-3-2-7(12)6-9(8)13/h2-3,6H,4-5H2,1H3,(H2,14,18,19). The number of hydrogen-bond donors (Lipinski definition) is 1. The van der Waals surface area contributed by atoms with Crippen LogP contribution in [0.5, 0.6) is 0 Å². The van der Waals surface area contributed by atoms with Crippen LogP contribution in [0.4, 0.5) is 0 Å². The normalized spacial score (nSPS) is 11.8. The van der Waals surface area contributed by atoms with E-state index in [0.717, 1.165) is 4.47 Å². The van der Waals surface area contributed by atoms with E-state index in [1.165, 1.54) is 11.7 Å². The fraction of sp³-hybridized carbons (Fsp3) is 0.273. The van der Waals surface area contributed by atoms with Crippen LogP contribution in [0, 0.1) is 0 Å². The van der Waals surface area contributed by atoms with Gasteiger partial charge in [-0.25, -0.2) is 13.6 Å². The molecule has 0 bridgehead atoms. The maximum absolute atomic E-state index is 11.6. The lowest BCUT2D eigenvalue weighted by Gasteiger charge is -2.10. The second-order valence-corrected chi connectivity index (χ2v) is 6.90. The monoisotopic (exact) mass is 394 g/mol. The van der Waals surface area contributed by atoms with Crippen LogP contribution in [0.2, 0.25) is 5.02 Å². The van der Waals surface area contributed by atoms with Gasteiger partial charge in [0.2, 0.25) is 0 Å². The number of nitrogens with two attached hydrogens (primary N) is 1. The van der Waals surface area contributed by atoms with Crippen LogP contribution in [0.15, 0.2) is 27.8 Å². The molecule has 0 amide bonds. The maximum Gasteiger partial charge on any atom is 0.273 e. The van der Waals surface area contributed by atoms with Gasteiger partial charge in [0.1, 0.15) is 0 Å². The number of methoxy groups -OCH3 is 1. The molecule has 0 radical (unpaired) electrons. The van der Waals surface area contributed by atoms with Crippen molar-refractivity contribution in [3.05, 3.63) is 27.7 Å². The molecule has 2 N–H and O–H groups in total. The summed E-state index contributed by atoms with van der Waals surface area (Å²) < 4.78 is 30.3. The van der Waals surface area contributed by atoms with E-state index in [0.29, 0.717) is 16.4 Å². The molecule has 7 nitrogen and oxygen atoms in total. The molecule has 21 heavy (non-hydrogen) atoms. The molecule has 0 aliphatic carbocycles. The van der Waals surface area contributed by atoms with Crippen molar-refractivity contribution in [3.63, 3.8) is 0 Å². The van der Waals surface area contributed by atoms with Crippen molar-refractivity contribution in [2.75, 3.05) is 13.7 Å². The Bertz CT molecular complexity index is 763. The van der Waals surface area contributed by atoms with Gasteiger partial charge in [-0.3, -0.25) is 4.57 Å². The Balaban J connectivity index is 2.60. The SMILES string of the molecule is COCCn1c(-c2ccc(Br)cc2Cl)nnc1S(N)(=O)=O. The van der Waals surface area contributed by atoms with Gasteiger partial charge in [0, 0.05) is 17.1 Å². The first-order valence-corrected chi connectivity index (χ1v) is 8.46. The molecule has 2 aromatic rings. The third-order valence-electron chi connectivity index (χ3n) is 2.66. The summed E-state index contributed by atoms with van der Waals surface area (Å²) in [5, 5.41) is 12.8. The van der Waals surface area contributed by atoms with Crippen LogP contribution in [0.25, 0.3) is 11.4 Å². The third kappa shape index (κ3) is 3.61. The first kappa shape index (κ1) is 16.4. The van der Waals surface area contributed by atoms with E-state index in [1.807, 2.05) is 0 Å². The third-order valence-corrected chi connectivity index (χ3v) is 4.28. The average Bonchev–Trinajstić information content (AvgIpc) is 2.79. The number of primary sulfonamides is 1. The lowest BCUT2D eigenvalue weighted by Crippen LogP contribution is -2.20. The zero-order valence-corrected chi connectivity index (χ0v) is 14.1. The highest BCUT2D eigenvalue weighted by molar-refractivity contribution is 9.10. The molecular formula is C11H12BrClN4O3S. The Labute approximate surface area is 135 Å². The van der Waals surface area contributed by atoms with E-state index in [4.69, 9.17) is 21.5 Å². The molecule has 0 atom stereocenters. The van der Waals surface area contributed by atoms with Gasteiger partial charge in [-0.15, -0.1) is 10.2 Å². The quantitative estimate of drug-likeness (QED) is 0.830. The molecule has 114 valence electrons. The minimum Gasteiger partial charge on any atom is -0.383 e. The summed E-state index contributed by atoms with van der Waals surface area (Å²) in [5.74, 6) is 0.313. The summed E-state index contributed by atoms with van der Waals surface area (Å²) in [4.78, 5) is 0. The predicted molar refractivity (Wildman–Crippen MR) is 81.4 cm³/mol. The second-order valence-electron chi connectivity index (χ2n) is 4.12. The molecule has 0 fully saturated rings. The minimum absolute atomic E-state index is 0.233. The van der Waals surface area contributed by atoms with E-state index >= 15 is 0 Å². The van der Waals surface area contributed by atoms with Crippen LogP contribution in [-0.2, 0) is 21.3 Å². The summed E-state index contributed by atoms with van der Waals surface area (Å²) in [5.41, 5.74) is 0.554. The lowest BCUT2D eigenvalue weighted by molar-refractivity contribution is 0.185. The molecule has 0 saturated heterocycles. The van der Waals surface area contributed by atoms with Gasteiger partial charge >= 0.3 is 0 Å². The molecule has 2 rings (SSSR count). The Kier molecular flexibility index (Phi) is 4.99. The van der Waals surface area contributed by atoms with Gasteiger partial charge in [0.05, 0.1) is 18.2 Å². The Morgan fingerprint density at radius 1 is 1.43 bits per heavy atom. The predicted octanol–water partition coefficient (Wildman–Crippen LogP) is 1.65. The summed E-state index contributed by atoms with van der Waals surface area (Å²) in [6.45, 7) is 0.513. The highest BCUT2D eigenvalue weighted by atomic mass is 79.9. The number of benzene rings is 1. The summed E-state index contributed by atoms with van der Waals surface area (Å²) in [6, 6.07) is 5.17. The van der Waals surface area contributed by atoms with Gasteiger partial charge in [0.15, 0.2) is 5.82 Å². The smallest absolute Gasteiger partial charge is 0.273 e. The number of halogens is 2. The number of aromatic nitrogens is 3. The van der Waals surface area contributed by atoms with E-state index in [2.05, 4.69) is 26.1 Å². The number of sulfonamides is 1. The first-order chi connectivity index (χ1) is 9.84. The van der Waals surface area contributed by atoms with E-state index in [-0.39, 0.29) is 18.3 Å². The van der Waals surface area contributed by atoms with Gasteiger partial charge < -0.3 is 4.74 Å². The van der Waals surface area contributed by atoms with E-state index < -0.39 is 10.0 Å². The fourth-order valence-corrected chi connectivity index (χ4v) is 3.15. The highest BCUT2D eigenvalue weighted by Gasteiger charge is 2.23. The van der Waals surface area contributed by atoms with Crippen LogP contribution in [0.1, 0.15) is 0 Å². The van der Waals surface area contributed by atoms with Gasteiger partial charge in [-0.05, 0) is 18.2 Å². The molecule has 0 aliphatic heterocycles. The van der Waals surface area contributed by atoms with Crippen LogP contribution in [-0.4, -0.2) is 36.9 Å². The summed E-state index contributed by atoms with van der Waals surface area (Å²) in [7, 11) is -2.48. The van der Waals surface area contributed by atoms with E-state index in [1.54, 1.807) is 18.2 Å². The van der Waals surface area contributed by atoms with Crippen molar-refractivity contribution >= 4 is 37.6 Å². The Morgan fingerprint density at radius 2 is 2.14 bits per heavy atom. The van der Waals surface area contributed by atoms with Crippen LogP contribution < -0.4 is 5.14 Å². The van der Waals surface area contributed by atoms with Crippen molar-refractivity contribution in [1.82, 2.24) is 14.8 Å². The molecule has 10 heteroatoms. The Morgan fingerprint density at radius 3 is 2.71 bits per heavy atom. The number of ether oxygens (including phenoxy) is 1. The summed E-state index contributed by atoms with van der Waals surface area (Å²) in [6.07, 6.45) is 0. The van der Waals surface area contributed by atoms with Gasteiger partial charge in [-0.1, -0.05) is 27.5 Å². The van der Waals surface area contributed by atoms with Gasteiger partial charge in [0.25, 0.3) is 15.2 Å².